The van der Waals surface area contributed by atoms with E-state index < -0.39 is 0 Å². The van der Waals surface area contributed by atoms with Crippen LogP contribution in [0.15, 0.2) is 30.7 Å². The van der Waals surface area contributed by atoms with Gasteiger partial charge in [-0.2, -0.15) is 0 Å². The van der Waals surface area contributed by atoms with E-state index >= 15 is 0 Å². The summed E-state index contributed by atoms with van der Waals surface area (Å²) in [6.07, 6.45) is 4.37. The first-order valence-electron chi connectivity index (χ1n) is 5.62. The maximum absolute atomic E-state index is 5.38. The van der Waals surface area contributed by atoms with E-state index in [0.717, 1.165) is 17.9 Å². The van der Waals surface area contributed by atoms with E-state index in [1.165, 1.54) is 0 Å². The minimum absolute atomic E-state index is 0.0257. The number of ether oxygens (including phenoxy) is 1. The Morgan fingerprint density at radius 2 is 2.29 bits per heavy atom. The molecule has 88 valence electrons. The maximum Gasteiger partial charge on any atom is 0.133 e. The lowest BCUT2D eigenvalue weighted by Gasteiger charge is -2.40. The van der Waals surface area contributed by atoms with Gasteiger partial charge in [-0.1, -0.05) is 6.07 Å². The van der Waals surface area contributed by atoms with Crippen molar-refractivity contribution in [3.8, 4) is 0 Å². The molecule has 0 bridgehead atoms. The van der Waals surface area contributed by atoms with Crippen LogP contribution in [0.3, 0.4) is 0 Å². The molecule has 5 heteroatoms. The normalized spacial score (nSPS) is 17.7. The van der Waals surface area contributed by atoms with Gasteiger partial charge in [0.25, 0.3) is 0 Å². The van der Waals surface area contributed by atoms with Crippen LogP contribution in [0.4, 0.5) is 0 Å². The van der Waals surface area contributed by atoms with Crippen molar-refractivity contribution in [3.63, 3.8) is 0 Å². The first-order valence-corrected chi connectivity index (χ1v) is 5.62. The molecule has 2 aromatic rings. The maximum atomic E-state index is 5.38. The van der Waals surface area contributed by atoms with Crippen molar-refractivity contribution >= 4 is 0 Å². The minimum atomic E-state index is -0.0257. The Balaban J connectivity index is 1.91. The Bertz CT molecular complexity index is 504. The molecule has 0 spiro atoms. The molecule has 3 heterocycles. The zero-order valence-electron chi connectivity index (χ0n) is 9.71. The van der Waals surface area contributed by atoms with Crippen molar-refractivity contribution in [2.75, 3.05) is 13.2 Å². The summed E-state index contributed by atoms with van der Waals surface area (Å²) in [5, 5.41) is 8.05. The molecule has 1 fully saturated rings. The predicted octanol–water partition coefficient (Wildman–Crippen LogP) is 0.721. The van der Waals surface area contributed by atoms with Gasteiger partial charge in [0.1, 0.15) is 12.2 Å². The van der Waals surface area contributed by atoms with E-state index in [1.54, 1.807) is 6.33 Å². The second-order valence-electron chi connectivity index (χ2n) is 4.52. The largest absolute Gasteiger partial charge is 0.379 e. The fraction of sp³-hybridized carbons (Fsp3) is 0.417. The van der Waals surface area contributed by atoms with Crippen LogP contribution in [0.2, 0.25) is 0 Å². The third-order valence-corrected chi connectivity index (χ3v) is 3.27. The molecular formula is C12H14N4O. The second-order valence-corrected chi connectivity index (χ2v) is 4.52. The van der Waals surface area contributed by atoms with Gasteiger partial charge in [0.15, 0.2) is 0 Å². The molecule has 0 radical (unpaired) electrons. The summed E-state index contributed by atoms with van der Waals surface area (Å²) in [6, 6.07) is 6.00. The number of pyridine rings is 1. The molecule has 17 heavy (non-hydrogen) atoms. The Kier molecular flexibility index (Phi) is 2.40. The molecule has 1 aliphatic rings. The summed E-state index contributed by atoms with van der Waals surface area (Å²) in [6.45, 7) is 1.41. The van der Waals surface area contributed by atoms with Gasteiger partial charge in [0.2, 0.25) is 0 Å². The van der Waals surface area contributed by atoms with Crippen molar-refractivity contribution in [3.05, 3.63) is 42.2 Å². The fourth-order valence-corrected chi connectivity index (χ4v) is 2.14. The summed E-state index contributed by atoms with van der Waals surface area (Å²) in [5.41, 5.74) is 1.05. The van der Waals surface area contributed by atoms with Crippen LogP contribution in [-0.4, -0.2) is 33.0 Å². The van der Waals surface area contributed by atoms with Crippen molar-refractivity contribution in [1.29, 1.82) is 0 Å². The highest BCUT2D eigenvalue weighted by molar-refractivity contribution is 5.22. The summed E-state index contributed by atoms with van der Waals surface area (Å²) in [5.74, 6) is 0.971. The number of rotatable bonds is 3. The van der Waals surface area contributed by atoms with Gasteiger partial charge in [0, 0.05) is 19.7 Å². The molecule has 0 unspecified atom stereocenters. The van der Waals surface area contributed by atoms with Gasteiger partial charge in [-0.15, -0.1) is 10.2 Å². The SMILES string of the molecule is Cn1cnnc1CC1(c2ccccn2)COC1. The number of aryl methyl sites for hydroxylation is 1. The average molecular weight is 230 g/mol. The number of hydrogen-bond acceptors (Lipinski definition) is 4. The average Bonchev–Trinajstić information content (AvgIpc) is 2.70. The molecule has 0 amide bonds. The van der Waals surface area contributed by atoms with Gasteiger partial charge in [0.05, 0.1) is 24.3 Å². The molecule has 0 saturated carbocycles. The van der Waals surface area contributed by atoms with Gasteiger partial charge in [-0.25, -0.2) is 0 Å². The van der Waals surface area contributed by atoms with Crippen LogP contribution in [0.5, 0.6) is 0 Å². The molecule has 0 aliphatic carbocycles. The van der Waals surface area contributed by atoms with Crippen LogP contribution in [0, 0.1) is 0 Å². The molecular weight excluding hydrogens is 216 g/mol. The quantitative estimate of drug-likeness (QED) is 0.779. The van der Waals surface area contributed by atoms with Crippen LogP contribution in [0.1, 0.15) is 11.5 Å². The first kappa shape index (κ1) is 10.4. The first-order chi connectivity index (χ1) is 8.30. The molecule has 3 rings (SSSR count). The van der Waals surface area contributed by atoms with E-state index in [9.17, 15) is 0 Å². The molecule has 0 atom stereocenters. The molecule has 1 saturated heterocycles. The summed E-state index contributed by atoms with van der Waals surface area (Å²) in [7, 11) is 1.96. The lowest BCUT2D eigenvalue weighted by atomic mass is 9.78. The van der Waals surface area contributed by atoms with Crippen LogP contribution >= 0.6 is 0 Å². The van der Waals surface area contributed by atoms with Crippen molar-refractivity contribution in [2.24, 2.45) is 7.05 Å². The predicted molar refractivity (Wildman–Crippen MR) is 61.4 cm³/mol. The highest BCUT2D eigenvalue weighted by Crippen LogP contribution is 2.33. The second kappa shape index (κ2) is 3.92. The lowest BCUT2D eigenvalue weighted by molar-refractivity contribution is -0.0632. The molecule has 2 aromatic heterocycles. The summed E-state index contributed by atoms with van der Waals surface area (Å²) < 4.78 is 7.33. The van der Waals surface area contributed by atoms with Gasteiger partial charge in [-0.05, 0) is 12.1 Å². The Labute approximate surface area is 99.5 Å². The fourth-order valence-electron chi connectivity index (χ4n) is 2.14. The van der Waals surface area contributed by atoms with Gasteiger partial charge >= 0.3 is 0 Å². The third-order valence-electron chi connectivity index (χ3n) is 3.27. The van der Waals surface area contributed by atoms with Crippen LogP contribution in [-0.2, 0) is 23.6 Å². The smallest absolute Gasteiger partial charge is 0.133 e. The van der Waals surface area contributed by atoms with E-state index in [4.69, 9.17) is 4.74 Å². The zero-order chi connectivity index (χ0) is 11.7. The van der Waals surface area contributed by atoms with Gasteiger partial charge < -0.3 is 9.30 Å². The highest BCUT2D eigenvalue weighted by Gasteiger charge is 2.42. The molecule has 0 N–H and O–H groups in total. The molecule has 1 aliphatic heterocycles. The third kappa shape index (κ3) is 1.72. The van der Waals surface area contributed by atoms with Crippen LogP contribution in [0.25, 0.3) is 0 Å². The van der Waals surface area contributed by atoms with Gasteiger partial charge in [-0.3, -0.25) is 4.98 Å². The molecule has 5 nitrogen and oxygen atoms in total. The lowest BCUT2D eigenvalue weighted by Crippen LogP contribution is -2.49. The number of hydrogen-bond donors (Lipinski definition) is 0. The Hall–Kier alpha value is -1.75. The van der Waals surface area contributed by atoms with E-state index in [2.05, 4.69) is 21.2 Å². The van der Waals surface area contributed by atoms with E-state index in [1.807, 2.05) is 29.9 Å². The highest BCUT2D eigenvalue weighted by atomic mass is 16.5. The Morgan fingerprint density at radius 3 is 2.82 bits per heavy atom. The van der Waals surface area contributed by atoms with E-state index in [0.29, 0.717) is 13.2 Å². The van der Waals surface area contributed by atoms with Crippen molar-refractivity contribution in [2.45, 2.75) is 11.8 Å². The van der Waals surface area contributed by atoms with E-state index in [-0.39, 0.29) is 5.41 Å². The van der Waals surface area contributed by atoms with Crippen molar-refractivity contribution < 1.29 is 4.74 Å². The van der Waals surface area contributed by atoms with Crippen LogP contribution < -0.4 is 0 Å². The molecule has 0 aromatic carbocycles. The summed E-state index contributed by atoms with van der Waals surface area (Å²) in [4.78, 5) is 4.45. The Morgan fingerprint density at radius 1 is 1.41 bits per heavy atom. The van der Waals surface area contributed by atoms with Crippen molar-refractivity contribution in [1.82, 2.24) is 19.7 Å². The minimum Gasteiger partial charge on any atom is -0.379 e. The number of aromatic nitrogens is 4. The number of nitrogens with zero attached hydrogens (tertiary/aromatic N) is 4. The summed E-state index contributed by atoms with van der Waals surface area (Å²) >= 11 is 0. The zero-order valence-corrected chi connectivity index (χ0v) is 9.71. The standard InChI is InChI=1S/C12H14N4O/c1-16-9-14-15-11(16)6-12(7-17-8-12)10-4-2-3-5-13-10/h2-5,9H,6-8H2,1H3. The monoisotopic (exact) mass is 230 g/mol. The topological polar surface area (TPSA) is 52.8 Å².